The van der Waals surface area contributed by atoms with Gasteiger partial charge in [-0.15, -0.1) is 6.58 Å². The summed E-state index contributed by atoms with van der Waals surface area (Å²) in [4.78, 5) is 0. The van der Waals surface area contributed by atoms with Gasteiger partial charge in [0.05, 0.1) is 0 Å². The third kappa shape index (κ3) is 2.73. The van der Waals surface area contributed by atoms with Gasteiger partial charge >= 0.3 is 0 Å². The second-order valence-corrected chi connectivity index (χ2v) is 4.25. The van der Waals surface area contributed by atoms with Crippen molar-refractivity contribution in [3.63, 3.8) is 0 Å². The van der Waals surface area contributed by atoms with Crippen molar-refractivity contribution in [2.24, 2.45) is 0 Å². The van der Waals surface area contributed by atoms with Crippen molar-refractivity contribution in [1.82, 2.24) is 0 Å². The summed E-state index contributed by atoms with van der Waals surface area (Å²) in [7, 11) is 0. The van der Waals surface area contributed by atoms with E-state index in [4.69, 9.17) is 0 Å². The molecule has 0 heterocycles. The second-order valence-electron chi connectivity index (χ2n) is 4.25. The van der Waals surface area contributed by atoms with E-state index in [-0.39, 0.29) is 0 Å². The molecule has 1 unspecified atom stereocenters. The molecule has 0 saturated carbocycles. The molecule has 0 aliphatic rings. The Kier molecular flexibility index (Phi) is 3.94. The maximum Gasteiger partial charge on any atom is -0.0156 e. The SMILES string of the molecule is C=CCC(C)c1ccc(C(C)C)cc1. The van der Waals surface area contributed by atoms with Crippen molar-refractivity contribution in [2.45, 2.75) is 39.0 Å². The summed E-state index contributed by atoms with van der Waals surface area (Å²) in [6.45, 7) is 10.5. The highest BCUT2D eigenvalue weighted by Crippen LogP contribution is 2.22. The molecule has 14 heavy (non-hydrogen) atoms. The Morgan fingerprint density at radius 2 is 1.57 bits per heavy atom. The molecule has 1 rings (SSSR count). The van der Waals surface area contributed by atoms with E-state index in [1.807, 2.05) is 6.08 Å². The van der Waals surface area contributed by atoms with Gasteiger partial charge < -0.3 is 0 Å². The van der Waals surface area contributed by atoms with Gasteiger partial charge in [0.1, 0.15) is 0 Å². The van der Waals surface area contributed by atoms with Crippen molar-refractivity contribution in [2.75, 3.05) is 0 Å². The van der Waals surface area contributed by atoms with E-state index in [1.54, 1.807) is 0 Å². The van der Waals surface area contributed by atoms with Gasteiger partial charge in [-0.1, -0.05) is 51.1 Å². The van der Waals surface area contributed by atoms with Gasteiger partial charge in [-0.25, -0.2) is 0 Å². The quantitative estimate of drug-likeness (QED) is 0.611. The molecule has 1 aromatic rings. The molecule has 1 atom stereocenters. The lowest BCUT2D eigenvalue weighted by Gasteiger charge is -2.11. The molecule has 0 aliphatic carbocycles. The maximum atomic E-state index is 3.77. The summed E-state index contributed by atoms with van der Waals surface area (Å²) >= 11 is 0. The largest absolute Gasteiger partial charge is 0.103 e. The first-order chi connectivity index (χ1) is 6.65. The van der Waals surface area contributed by atoms with Crippen molar-refractivity contribution >= 4 is 0 Å². The first-order valence-corrected chi connectivity index (χ1v) is 5.36. The van der Waals surface area contributed by atoms with Gasteiger partial charge in [0.2, 0.25) is 0 Å². The Bertz CT molecular complexity index is 279. The third-order valence-corrected chi connectivity index (χ3v) is 2.69. The van der Waals surface area contributed by atoms with Crippen LogP contribution in [0.25, 0.3) is 0 Å². The number of hydrogen-bond acceptors (Lipinski definition) is 0. The van der Waals surface area contributed by atoms with Gasteiger partial charge in [0.15, 0.2) is 0 Å². The molecule has 0 heteroatoms. The molecule has 0 fully saturated rings. The summed E-state index contributed by atoms with van der Waals surface area (Å²) in [5.74, 6) is 1.22. The lowest BCUT2D eigenvalue weighted by Crippen LogP contribution is -1.93. The monoisotopic (exact) mass is 188 g/mol. The van der Waals surface area contributed by atoms with E-state index < -0.39 is 0 Å². The van der Waals surface area contributed by atoms with Gasteiger partial charge in [-0.2, -0.15) is 0 Å². The Labute approximate surface area is 87.7 Å². The first-order valence-electron chi connectivity index (χ1n) is 5.36. The van der Waals surface area contributed by atoms with Crippen LogP contribution < -0.4 is 0 Å². The predicted molar refractivity (Wildman–Crippen MR) is 63.8 cm³/mol. The van der Waals surface area contributed by atoms with Gasteiger partial charge in [-0.3, -0.25) is 0 Å². The molecular weight excluding hydrogens is 168 g/mol. The van der Waals surface area contributed by atoms with Crippen LogP contribution in [-0.2, 0) is 0 Å². The molecule has 0 aliphatic heterocycles. The van der Waals surface area contributed by atoms with Crippen LogP contribution in [0.5, 0.6) is 0 Å². The standard InChI is InChI=1S/C14H20/c1-5-6-12(4)14-9-7-13(8-10-14)11(2)3/h5,7-12H,1,6H2,2-4H3. The predicted octanol–water partition coefficient (Wildman–Crippen LogP) is 4.49. The summed E-state index contributed by atoms with van der Waals surface area (Å²) in [5.41, 5.74) is 2.83. The topological polar surface area (TPSA) is 0 Å². The van der Waals surface area contributed by atoms with E-state index >= 15 is 0 Å². The number of allylic oxidation sites excluding steroid dienone is 1. The highest BCUT2D eigenvalue weighted by atomic mass is 14.1. The van der Waals surface area contributed by atoms with Crippen LogP contribution in [-0.4, -0.2) is 0 Å². The highest BCUT2D eigenvalue weighted by molar-refractivity contribution is 5.27. The number of hydrogen-bond donors (Lipinski definition) is 0. The summed E-state index contributed by atoms with van der Waals surface area (Å²) in [6, 6.07) is 8.95. The Morgan fingerprint density at radius 1 is 1.07 bits per heavy atom. The van der Waals surface area contributed by atoms with E-state index in [1.165, 1.54) is 11.1 Å². The van der Waals surface area contributed by atoms with Gasteiger partial charge in [0, 0.05) is 0 Å². The van der Waals surface area contributed by atoms with E-state index in [9.17, 15) is 0 Å². The summed E-state index contributed by atoms with van der Waals surface area (Å²) < 4.78 is 0. The molecular formula is C14H20. The van der Waals surface area contributed by atoms with Crippen molar-refractivity contribution in [3.05, 3.63) is 48.0 Å². The zero-order valence-electron chi connectivity index (χ0n) is 9.46. The minimum Gasteiger partial charge on any atom is -0.103 e. The van der Waals surface area contributed by atoms with E-state index in [2.05, 4.69) is 51.6 Å². The fraction of sp³-hybridized carbons (Fsp3) is 0.429. The Hall–Kier alpha value is -1.04. The molecule has 0 aromatic heterocycles. The smallest absolute Gasteiger partial charge is 0.0156 e. The van der Waals surface area contributed by atoms with Crippen molar-refractivity contribution < 1.29 is 0 Å². The van der Waals surface area contributed by atoms with Crippen LogP contribution in [0.3, 0.4) is 0 Å². The summed E-state index contributed by atoms with van der Waals surface area (Å²) in [6.07, 6.45) is 3.04. The minimum atomic E-state index is 0.591. The van der Waals surface area contributed by atoms with Crippen LogP contribution >= 0.6 is 0 Å². The van der Waals surface area contributed by atoms with Crippen molar-refractivity contribution in [1.29, 1.82) is 0 Å². The summed E-state index contributed by atoms with van der Waals surface area (Å²) in [5, 5.41) is 0. The van der Waals surface area contributed by atoms with Gasteiger partial charge in [-0.05, 0) is 29.4 Å². The second kappa shape index (κ2) is 4.99. The molecule has 0 nitrogen and oxygen atoms in total. The highest BCUT2D eigenvalue weighted by Gasteiger charge is 2.04. The van der Waals surface area contributed by atoms with Crippen molar-refractivity contribution in [3.8, 4) is 0 Å². The number of rotatable bonds is 4. The molecule has 0 bridgehead atoms. The van der Waals surface area contributed by atoms with Crippen LogP contribution in [0.1, 0.15) is 50.2 Å². The lowest BCUT2D eigenvalue weighted by molar-refractivity contribution is 0.778. The molecule has 76 valence electrons. The fourth-order valence-electron chi connectivity index (χ4n) is 1.60. The normalized spacial score (nSPS) is 12.9. The molecule has 0 amide bonds. The minimum absolute atomic E-state index is 0.591. The molecule has 0 saturated heterocycles. The first kappa shape index (κ1) is 11.0. The van der Waals surface area contributed by atoms with Crippen LogP contribution in [0, 0.1) is 0 Å². The zero-order chi connectivity index (χ0) is 10.6. The molecule has 0 spiro atoms. The fourth-order valence-corrected chi connectivity index (χ4v) is 1.60. The van der Waals surface area contributed by atoms with E-state index in [0.29, 0.717) is 11.8 Å². The van der Waals surface area contributed by atoms with E-state index in [0.717, 1.165) is 6.42 Å². The average molecular weight is 188 g/mol. The molecule has 0 N–H and O–H groups in total. The molecule has 1 aromatic carbocycles. The maximum absolute atomic E-state index is 3.77. The third-order valence-electron chi connectivity index (χ3n) is 2.69. The molecule has 0 radical (unpaired) electrons. The van der Waals surface area contributed by atoms with Gasteiger partial charge in [0.25, 0.3) is 0 Å². The van der Waals surface area contributed by atoms with Crippen LogP contribution in [0.4, 0.5) is 0 Å². The zero-order valence-corrected chi connectivity index (χ0v) is 9.46. The lowest BCUT2D eigenvalue weighted by atomic mass is 9.94. The van der Waals surface area contributed by atoms with Crippen LogP contribution in [0.15, 0.2) is 36.9 Å². The average Bonchev–Trinajstić information content (AvgIpc) is 2.18. The Balaban J connectivity index is 2.77. The number of benzene rings is 1. The Morgan fingerprint density at radius 3 is 2.00 bits per heavy atom. The van der Waals surface area contributed by atoms with Crippen LogP contribution in [0.2, 0.25) is 0 Å².